The van der Waals surface area contributed by atoms with Crippen molar-refractivity contribution in [3.05, 3.63) is 35.3 Å². The van der Waals surface area contributed by atoms with Gasteiger partial charge >= 0.3 is 6.03 Å². The Morgan fingerprint density at radius 1 is 1.23 bits per heavy atom. The lowest BCUT2D eigenvalue weighted by Gasteiger charge is -2.43. The van der Waals surface area contributed by atoms with Crippen LogP contribution in [0.1, 0.15) is 41.7 Å². The van der Waals surface area contributed by atoms with E-state index in [-0.39, 0.29) is 29.8 Å². The van der Waals surface area contributed by atoms with Crippen LogP contribution in [-0.4, -0.2) is 71.0 Å². The second-order valence-corrected chi connectivity index (χ2v) is 8.85. The predicted molar refractivity (Wildman–Crippen MR) is 112 cm³/mol. The third kappa shape index (κ3) is 3.43. The van der Waals surface area contributed by atoms with Crippen LogP contribution >= 0.6 is 0 Å². The molecule has 7 nitrogen and oxygen atoms in total. The highest BCUT2D eigenvalue weighted by molar-refractivity contribution is 5.99. The summed E-state index contributed by atoms with van der Waals surface area (Å²) < 4.78 is 14.1. The standard InChI is InChI=1S/C22H28FN5O2/c1-13-5-6-18(23)17-10-19(26-20(13)17)21(29)25-14-3-2-4-15(9-14)27-7-8-28-16(12-27)11-24-22(28)30/h5-6,10,14-16,26H,2-4,7-9,11-12H2,1H3,(H,24,30)(H,25,29)/t14-,15-,16+/m1/s1. The van der Waals surface area contributed by atoms with Gasteiger partial charge < -0.3 is 20.5 Å². The molecule has 30 heavy (non-hydrogen) atoms. The molecule has 0 bridgehead atoms. The fraction of sp³-hybridized carbons (Fsp3) is 0.545. The maximum atomic E-state index is 14.1. The number of carbonyl (C=O) groups excluding carboxylic acids is 2. The molecule has 0 unspecified atom stereocenters. The lowest BCUT2D eigenvalue weighted by molar-refractivity contribution is 0.0630. The van der Waals surface area contributed by atoms with Crippen molar-refractivity contribution in [1.82, 2.24) is 25.4 Å². The highest BCUT2D eigenvalue weighted by atomic mass is 19.1. The first-order valence-corrected chi connectivity index (χ1v) is 10.9. The maximum Gasteiger partial charge on any atom is 0.317 e. The second-order valence-electron chi connectivity index (χ2n) is 8.85. The summed E-state index contributed by atoms with van der Waals surface area (Å²) in [6, 6.07) is 5.60. The highest BCUT2D eigenvalue weighted by Crippen LogP contribution is 2.27. The van der Waals surface area contributed by atoms with E-state index in [0.29, 0.717) is 22.6 Å². The third-order valence-electron chi connectivity index (χ3n) is 6.96. The van der Waals surface area contributed by atoms with E-state index < -0.39 is 0 Å². The molecule has 3 N–H and O–H groups in total. The van der Waals surface area contributed by atoms with Crippen molar-refractivity contribution in [2.24, 2.45) is 0 Å². The molecular weight excluding hydrogens is 385 g/mol. The number of piperazine rings is 1. The Morgan fingerprint density at radius 3 is 2.93 bits per heavy atom. The third-order valence-corrected chi connectivity index (χ3v) is 6.96. The lowest BCUT2D eigenvalue weighted by Crippen LogP contribution is -2.56. The lowest BCUT2D eigenvalue weighted by atomic mass is 9.89. The number of aromatic nitrogens is 1. The monoisotopic (exact) mass is 413 g/mol. The summed E-state index contributed by atoms with van der Waals surface area (Å²) in [5.41, 5.74) is 2.01. The van der Waals surface area contributed by atoms with E-state index in [1.165, 1.54) is 6.07 Å². The molecule has 3 fully saturated rings. The van der Waals surface area contributed by atoms with Crippen molar-refractivity contribution in [2.45, 2.75) is 50.7 Å². The number of nitrogens with zero attached hydrogens (tertiary/aromatic N) is 2. The Bertz CT molecular complexity index is 950. The van der Waals surface area contributed by atoms with Crippen molar-refractivity contribution < 1.29 is 14.0 Å². The van der Waals surface area contributed by atoms with Crippen LogP contribution in [0.25, 0.3) is 10.9 Å². The van der Waals surface area contributed by atoms with Crippen LogP contribution in [0.15, 0.2) is 18.2 Å². The molecule has 5 rings (SSSR count). The highest BCUT2D eigenvalue weighted by Gasteiger charge is 2.38. The zero-order chi connectivity index (χ0) is 20.8. The van der Waals surface area contributed by atoms with E-state index in [9.17, 15) is 14.0 Å². The molecule has 3 atom stereocenters. The molecule has 0 radical (unpaired) electrons. The van der Waals surface area contributed by atoms with Crippen LogP contribution in [0.5, 0.6) is 0 Å². The van der Waals surface area contributed by atoms with Gasteiger partial charge in [-0.2, -0.15) is 0 Å². The van der Waals surface area contributed by atoms with Gasteiger partial charge in [0, 0.05) is 43.6 Å². The number of carbonyl (C=O) groups is 2. The molecule has 3 amide bonds. The van der Waals surface area contributed by atoms with Gasteiger partial charge in [-0.15, -0.1) is 0 Å². The summed E-state index contributed by atoms with van der Waals surface area (Å²) in [5.74, 6) is -0.492. The molecule has 3 heterocycles. The first-order valence-electron chi connectivity index (χ1n) is 10.9. The summed E-state index contributed by atoms with van der Waals surface area (Å²) >= 11 is 0. The van der Waals surface area contributed by atoms with Gasteiger partial charge in [0.1, 0.15) is 11.5 Å². The molecule has 8 heteroatoms. The van der Waals surface area contributed by atoms with E-state index >= 15 is 0 Å². The topological polar surface area (TPSA) is 80.5 Å². The number of H-pyrrole nitrogens is 1. The summed E-state index contributed by atoms with van der Waals surface area (Å²) in [6.45, 7) is 5.17. The van der Waals surface area contributed by atoms with Crippen LogP contribution in [0.3, 0.4) is 0 Å². The van der Waals surface area contributed by atoms with Gasteiger partial charge in [0.15, 0.2) is 0 Å². The number of rotatable bonds is 3. The minimum atomic E-state index is -0.317. The molecule has 1 saturated carbocycles. The van der Waals surface area contributed by atoms with Crippen molar-refractivity contribution in [3.63, 3.8) is 0 Å². The molecule has 2 aliphatic heterocycles. The molecule has 1 aromatic heterocycles. The van der Waals surface area contributed by atoms with Gasteiger partial charge in [-0.1, -0.05) is 6.07 Å². The summed E-state index contributed by atoms with van der Waals surface area (Å²) in [6.07, 6.45) is 4.06. The van der Waals surface area contributed by atoms with E-state index in [4.69, 9.17) is 0 Å². The Kier molecular flexibility index (Phi) is 4.89. The number of fused-ring (bicyclic) bond motifs is 2. The van der Waals surface area contributed by atoms with Crippen LogP contribution in [0.4, 0.5) is 9.18 Å². The zero-order valence-corrected chi connectivity index (χ0v) is 17.2. The maximum absolute atomic E-state index is 14.1. The van der Waals surface area contributed by atoms with Crippen molar-refractivity contribution >= 4 is 22.8 Å². The Morgan fingerprint density at radius 2 is 2.10 bits per heavy atom. The summed E-state index contributed by atoms with van der Waals surface area (Å²) in [5, 5.41) is 6.55. The molecule has 1 aliphatic carbocycles. The second kappa shape index (κ2) is 7.58. The van der Waals surface area contributed by atoms with Crippen LogP contribution < -0.4 is 10.6 Å². The van der Waals surface area contributed by atoms with Crippen LogP contribution in [0.2, 0.25) is 0 Å². The number of aromatic amines is 1. The number of hydrogen-bond acceptors (Lipinski definition) is 3. The zero-order valence-electron chi connectivity index (χ0n) is 17.2. The summed E-state index contributed by atoms with van der Waals surface area (Å²) in [7, 11) is 0. The fourth-order valence-corrected chi connectivity index (χ4v) is 5.30. The minimum Gasteiger partial charge on any atom is -0.350 e. The summed E-state index contributed by atoms with van der Waals surface area (Å²) in [4.78, 5) is 32.2. The predicted octanol–water partition coefficient (Wildman–Crippen LogP) is 2.37. The largest absolute Gasteiger partial charge is 0.350 e. The molecule has 3 aliphatic rings. The number of aryl methyl sites for hydroxylation is 1. The van der Waals surface area contributed by atoms with Crippen molar-refractivity contribution in [2.75, 3.05) is 26.2 Å². The molecule has 160 valence electrons. The first kappa shape index (κ1) is 19.4. The SMILES string of the molecule is Cc1ccc(F)c2cc(C(=O)N[C@@H]3CCC[C@@H](N4CCN5C(=O)NC[C@H]5C4)C3)[nH]c12. The average molecular weight is 413 g/mol. The van der Waals surface area contributed by atoms with Gasteiger partial charge in [-0.3, -0.25) is 9.69 Å². The smallest absolute Gasteiger partial charge is 0.317 e. The number of halogens is 1. The number of benzene rings is 1. The van der Waals surface area contributed by atoms with Gasteiger partial charge in [0.05, 0.1) is 11.6 Å². The number of amides is 3. The van der Waals surface area contributed by atoms with Crippen LogP contribution in [0, 0.1) is 12.7 Å². The molecule has 2 aromatic rings. The normalized spacial score (nSPS) is 27.2. The molecular formula is C22H28FN5O2. The number of nitrogens with one attached hydrogen (secondary N) is 3. The van der Waals surface area contributed by atoms with Gasteiger partial charge in [0.25, 0.3) is 5.91 Å². The average Bonchev–Trinajstić information content (AvgIpc) is 3.36. The van der Waals surface area contributed by atoms with Crippen LogP contribution in [-0.2, 0) is 0 Å². The van der Waals surface area contributed by atoms with Gasteiger partial charge in [-0.25, -0.2) is 9.18 Å². The molecule has 0 spiro atoms. The Balaban J connectivity index is 1.23. The number of urea groups is 1. The fourth-order valence-electron chi connectivity index (χ4n) is 5.30. The molecule has 2 saturated heterocycles. The first-order chi connectivity index (χ1) is 14.5. The Hall–Kier alpha value is -2.61. The minimum absolute atomic E-state index is 0.0541. The Labute approximate surface area is 175 Å². The van der Waals surface area contributed by atoms with Gasteiger partial charge in [0.2, 0.25) is 0 Å². The molecule has 1 aromatic carbocycles. The van der Waals surface area contributed by atoms with Crippen molar-refractivity contribution in [3.8, 4) is 0 Å². The quantitative estimate of drug-likeness (QED) is 0.723. The van der Waals surface area contributed by atoms with E-state index in [1.807, 2.05) is 11.8 Å². The number of hydrogen-bond donors (Lipinski definition) is 3. The van der Waals surface area contributed by atoms with Gasteiger partial charge in [-0.05, 0) is 50.3 Å². The van der Waals surface area contributed by atoms with E-state index in [2.05, 4.69) is 20.5 Å². The van der Waals surface area contributed by atoms with E-state index in [0.717, 1.165) is 57.4 Å². The van der Waals surface area contributed by atoms with Crippen molar-refractivity contribution in [1.29, 1.82) is 0 Å². The van der Waals surface area contributed by atoms with E-state index in [1.54, 1.807) is 12.1 Å².